The average molecular weight is 356 g/mol. The van der Waals surface area contributed by atoms with Crippen molar-refractivity contribution < 1.29 is 8.42 Å². The highest BCUT2D eigenvalue weighted by molar-refractivity contribution is 7.89. The quantitative estimate of drug-likeness (QED) is 0.723. The van der Waals surface area contributed by atoms with Gasteiger partial charge in [-0.2, -0.15) is 4.31 Å². The molecule has 0 aliphatic carbocycles. The first kappa shape index (κ1) is 16.2. The Morgan fingerprint density at radius 1 is 1.16 bits per heavy atom. The lowest BCUT2D eigenvalue weighted by Gasteiger charge is -2.31. The Balaban J connectivity index is 1.66. The van der Waals surface area contributed by atoms with Crippen molar-refractivity contribution in [3.05, 3.63) is 54.6 Å². The summed E-state index contributed by atoms with van der Waals surface area (Å²) in [5, 5.41) is 0. The summed E-state index contributed by atoms with van der Waals surface area (Å²) in [6, 6.07) is 11.2. The number of hydrogen-bond donors (Lipinski definition) is 0. The van der Waals surface area contributed by atoms with Gasteiger partial charge in [0.05, 0.1) is 11.0 Å². The second kappa shape index (κ2) is 6.24. The average Bonchev–Trinajstić information content (AvgIpc) is 3.00. The summed E-state index contributed by atoms with van der Waals surface area (Å²) in [7, 11) is -1.51. The molecule has 4 rings (SSSR count). The number of imidazole rings is 1. The molecule has 0 amide bonds. The van der Waals surface area contributed by atoms with Gasteiger partial charge in [0.2, 0.25) is 10.0 Å². The Kier molecular flexibility index (Phi) is 4.05. The highest BCUT2D eigenvalue weighted by atomic mass is 32.2. The van der Waals surface area contributed by atoms with E-state index in [9.17, 15) is 8.42 Å². The summed E-state index contributed by atoms with van der Waals surface area (Å²) in [6.07, 6.45) is 4.76. The lowest BCUT2D eigenvalue weighted by molar-refractivity contribution is 0.307. The first-order valence-electron chi connectivity index (χ1n) is 8.39. The molecule has 0 saturated carbocycles. The molecule has 0 bridgehead atoms. The van der Waals surface area contributed by atoms with Gasteiger partial charge in [0.1, 0.15) is 10.7 Å². The summed E-state index contributed by atoms with van der Waals surface area (Å²) in [5.41, 5.74) is 2.02. The second-order valence-electron chi connectivity index (χ2n) is 6.41. The van der Waals surface area contributed by atoms with E-state index in [-0.39, 0.29) is 10.8 Å². The maximum absolute atomic E-state index is 12.9. The van der Waals surface area contributed by atoms with Crippen LogP contribution in [0.4, 0.5) is 0 Å². The van der Waals surface area contributed by atoms with Crippen LogP contribution in [0.3, 0.4) is 0 Å². The van der Waals surface area contributed by atoms with E-state index in [4.69, 9.17) is 4.98 Å². The van der Waals surface area contributed by atoms with Gasteiger partial charge in [0.25, 0.3) is 0 Å². The topological polar surface area (TPSA) is 68.1 Å². The number of aromatic nitrogens is 3. The molecule has 6 nitrogen and oxygen atoms in total. The molecule has 7 heteroatoms. The molecule has 0 radical (unpaired) electrons. The zero-order valence-electron chi connectivity index (χ0n) is 14.0. The minimum atomic E-state index is -3.51. The van der Waals surface area contributed by atoms with Gasteiger partial charge in [-0.1, -0.05) is 12.1 Å². The number of piperidine rings is 1. The number of sulfonamides is 1. The number of pyridine rings is 1. The number of benzene rings is 1. The maximum atomic E-state index is 12.9. The third-order valence-electron chi connectivity index (χ3n) is 4.84. The molecular formula is C18H20N4O2S. The lowest BCUT2D eigenvalue weighted by atomic mass is 9.99. The van der Waals surface area contributed by atoms with Gasteiger partial charge in [0, 0.05) is 38.4 Å². The van der Waals surface area contributed by atoms with E-state index in [2.05, 4.69) is 9.55 Å². The molecule has 1 fully saturated rings. The molecule has 2 aromatic heterocycles. The summed E-state index contributed by atoms with van der Waals surface area (Å²) < 4.78 is 29.4. The van der Waals surface area contributed by atoms with Gasteiger partial charge in [-0.05, 0) is 37.1 Å². The molecule has 0 spiro atoms. The second-order valence-corrected chi connectivity index (χ2v) is 8.35. The molecule has 1 aliphatic rings. The molecule has 3 heterocycles. The van der Waals surface area contributed by atoms with Crippen molar-refractivity contribution in [3.63, 3.8) is 0 Å². The van der Waals surface area contributed by atoms with Crippen molar-refractivity contribution in [2.75, 3.05) is 13.1 Å². The summed E-state index contributed by atoms with van der Waals surface area (Å²) in [5.74, 6) is 1.05. The summed E-state index contributed by atoms with van der Waals surface area (Å²) in [6.45, 7) is 0.992. The number of fused-ring (bicyclic) bond motifs is 1. The van der Waals surface area contributed by atoms with E-state index < -0.39 is 10.0 Å². The SMILES string of the molecule is Cn1c(C2CCCN(S(=O)(=O)c3cccnc3)C2)nc2ccccc21. The minimum Gasteiger partial charge on any atom is -0.331 e. The minimum absolute atomic E-state index is 0.0950. The van der Waals surface area contributed by atoms with Crippen molar-refractivity contribution >= 4 is 21.1 Å². The molecule has 25 heavy (non-hydrogen) atoms. The van der Waals surface area contributed by atoms with E-state index in [1.54, 1.807) is 22.6 Å². The van der Waals surface area contributed by atoms with Crippen molar-refractivity contribution in [1.82, 2.24) is 18.8 Å². The van der Waals surface area contributed by atoms with Crippen LogP contribution in [0.25, 0.3) is 11.0 Å². The number of hydrogen-bond acceptors (Lipinski definition) is 4. The molecular weight excluding hydrogens is 336 g/mol. The zero-order chi connectivity index (χ0) is 17.4. The Hall–Kier alpha value is -2.25. The van der Waals surface area contributed by atoms with Crippen LogP contribution in [0.5, 0.6) is 0 Å². The molecule has 130 valence electrons. The van der Waals surface area contributed by atoms with Crippen LogP contribution >= 0.6 is 0 Å². The van der Waals surface area contributed by atoms with Crippen LogP contribution in [-0.2, 0) is 17.1 Å². The van der Waals surface area contributed by atoms with Gasteiger partial charge in [0.15, 0.2) is 0 Å². The summed E-state index contributed by atoms with van der Waals surface area (Å²) >= 11 is 0. The Morgan fingerprint density at radius 2 is 2.00 bits per heavy atom. The monoisotopic (exact) mass is 356 g/mol. The van der Waals surface area contributed by atoms with E-state index in [0.717, 1.165) is 29.7 Å². The van der Waals surface area contributed by atoms with E-state index in [1.165, 1.54) is 6.20 Å². The van der Waals surface area contributed by atoms with Crippen molar-refractivity contribution in [2.24, 2.45) is 7.05 Å². The normalized spacial score (nSPS) is 19.3. The first-order valence-corrected chi connectivity index (χ1v) is 9.83. The molecule has 0 N–H and O–H groups in total. The fourth-order valence-electron chi connectivity index (χ4n) is 3.55. The summed E-state index contributed by atoms with van der Waals surface area (Å²) in [4.78, 5) is 8.95. The predicted octanol–water partition coefficient (Wildman–Crippen LogP) is 2.54. The van der Waals surface area contributed by atoms with E-state index in [0.29, 0.717) is 13.1 Å². The van der Waals surface area contributed by atoms with Crippen LogP contribution in [0.15, 0.2) is 53.7 Å². The Morgan fingerprint density at radius 3 is 2.76 bits per heavy atom. The number of nitrogens with zero attached hydrogens (tertiary/aromatic N) is 4. The Bertz CT molecular complexity index is 998. The van der Waals surface area contributed by atoms with E-state index in [1.807, 2.05) is 31.3 Å². The lowest BCUT2D eigenvalue weighted by Crippen LogP contribution is -2.39. The van der Waals surface area contributed by atoms with Gasteiger partial charge >= 0.3 is 0 Å². The van der Waals surface area contributed by atoms with Crippen molar-refractivity contribution in [3.8, 4) is 0 Å². The molecule has 1 aliphatic heterocycles. The largest absolute Gasteiger partial charge is 0.331 e. The number of aryl methyl sites for hydroxylation is 1. The number of rotatable bonds is 3. The molecule has 1 unspecified atom stereocenters. The Labute approximate surface area is 147 Å². The van der Waals surface area contributed by atoms with Crippen molar-refractivity contribution in [1.29, 1.82) is 0 Å². The molecule has 1 saturated heterocycles. The van der Waals surface area contributed by atoms with Crippen molar-refractivity contribution in [2.45, 2.75) is 23.7 Å². The van der Waals surface area contributed by atoms with Crippen LogP contribution in [0.1, 0.15) is 24.6 Å². The van der Waals surface area contributed by atoms with Gasteiger partial charge in [-0.15, -0.1) is 0 Å². The first-order chi connectivity index (χ1) is 12.1. The van der Waals surface area contributed by atoms with Crippen LogP contribution in [0, 0.1) is 0 Å². The van der Waals surface area contributed by atoms with Gasteiger partial charge in [-0.25, -0.2) is 13.4 Å². The van der Waals surface area contributed by atoms with Gasteiger partial charge < -0.3 is 4.57 Å². The smallest absolute Gasteiger partial charge is 0.244 e. The standard InChI is InChI=1S/C18H20N4O2S/c1-21-17-9-3-2-8-16(17)20-18(21)14-6-5-11-22(13-14)25(23,24)15-7-4-10-19-12-15/h2-4,7-10,12,14H,5-6,11,13H2,1H3. The third-order valence-corrected chi connectivity index (χ3v) is 6.69. The molecule has 1 atom stereocenters. The van der Waals surface area contributed by atoms with E-state index >= 15 is 0 Å². The molecule has 1 aromatic carbocycles. The van der Waals surface area contributed by atoms with Crippen LogP contribution in [0.2, 0.25) is 0 Å². The fraction of sp³-hybridized carbons (Fsp3) is 0.333. The highest BCUT2D eigenvalue weighted by Crippen LogP contribution is 2.31. The predicted molar refractivity (Wildman–Crippen MR) is 95.7 cm³/mol. The molecule has 3 aromatic rings. The van der Waals surface area contributed by atoms with Crippen LogP contribution < -0.4 is 0 Å². The van der Waals surface area contributed by atoms with Crippen LogP contribution in [-0.4, -0.2) is 40.3 Å². The third kappa shape index (κ3) is 2.83. The highest BCUT2D eigenvalue weighted by Gasteiger charge is 2.32. The fourth-order valence-corrected chi connectivity index (χ4v) is 5.04. The van der Waals surface area contributed by atoms with Gasteiger partial charge in [-0.3, -0.25) is 4.98 Å². The zero-order valence-corrected chi connectivity index (χ0v) is 14.9. The maximum Gasteiger partial charge on any atom is 0.244 e. The number of para-hydroxylation sites is 2.